The van der Waals surface area contributed by atoms with E-state index in [1.807, 2.05) is 13.8 Å². The van der Waals surface area contributed by atoms with Crippen molar-refractivity contribution in [2.24, 2.45) is 5.92 Å². The van der Waals surface area contributed by atoms with Gasteiger partial charge in [0.25, 0.3) is 0 Å². The van der Waals surface area contributed by atoms with Crippen molar-refractivity contribution in [3.63, 3.8) is 0 Å². The fraction of sp³-hybridized carbons (Fsp3) is 0.625. The molecule has 2 N–H and O–H groups in total. The summed E-state index contributed by atoms with van der Waals surface area (Å²) in [7, 11) is -3.42. The van der Waals surface area contributed by atoms with E-state index in [1.165, 1.54) is 12.4 Å². The van der Waals surface area contributed by atoms with E-state index in [0.29, 0.717) is 12.5 Å². The molecule has 1 unspecified atom stereocenters. The molecule has 0 saturated heterocycles. The van der Waals surface area contributed by atoms with Crippen LogP contribution >= 0.6 is 15.9 Å². The van der Waals surface area contributed by atoms with Crippen LogP contribution in [0.3, 0.4) is 0 Å². The molecule has 0 radical (unpaired) electrons. The third-order valence-electron chi connectivity index (χ3n) is 1.98. The topological polar surface area (TPSA) is 74.8 Å². The van der Waals surface area contributed by atoms with Gasteiger partial charge in [0, 0.05) is 17.6 Å². The van der Waals surface area contributed by atoms with Crippen LogP contribution in [0, 0.1) is 5.92 Å². The third kappa shape index (κ3) is 3.58. The Hall–Kier alpha value is -0.400. The second-order valence-corrected chi connectivity index (χ2v) is 6.49. The van der Waals surface area contributed by atoms with Gasteiger partial charge in [0.05, 0.1) is 6.20 Å². The molecule has 1 rings (SSSR count). The van der Waals surface area contributed by atoms with Gasteiger partial charge >= 0.3 is 0 Å². The van der Waals surface area contributed by atoms with Crippen molar-refractivity contribution < 1.29 is 8.42 Å². The van der Waals surface area contributed by atoms with Gasteiger partial charge < -0.3 is 0 Å². The van der Waals surface area contributed by atoms with Gasteiger partial charge in [-0.2, -0.15) is 5.10 Å². The summed E-state index contributed by atoms with van der Waals surface area (Å²) in [6.07, 6.45) is 2.63. The maximum absolute atomic E-state index is 11.6. The van der Waals surface area contributed by atoms with Crippen LogP contribution in [0.15, 0.2) is 17.3 Å². The molecule has 86 valence electrons. The smallest absolute Gasteiger partial charge is 0.243 e. The monoisotopic (exact) mass is 295 g/mol. The van der Waals surface area contributed by atoms with E-state index in [0.717, 1.165) is 0 Å². The van der Waals surface area contributed by atoms with E-state index in [9.17, 15) is 8.42 Å². The summed E-state index contributed by atoms with van der Waals surface area (Å²) < 4.78 is 25.8. The zero-order valence-corrected chi connectivity index (χ0v) is 11.0. The van der Waals surface area contributed by atoms with Crippen LogP contribution < -0.4 is 4.72 Å². The van der Waals surface area contributed by atoms with Gasteiger partial charge in [-0.1, -0.05) is 29.8 Å². The summed E-state index contributed by atoms with van der Waals surface area (Å²) >= 11 is 3.41. The number of nitrogens with zero attached hydrogens (tertiary/aromatic N) is 1. The van der Waals surface area contributed by atoms with E-state index >= 15 is 0 Å². The number of aromatic amines is 1. The van der Waals surface area contributed by atoms with Crippen molar-refractivity contribution in [2.75, 3.05) is 6.54 Å². The summed E-state index contributed by atoms with van der Waals surface area (Å²) in [5.41, 5.74) is 0. The van der Waals surface area contributed by atoms with E-state index < -0.39 is 10.0 Å². The number of halogens is 1. The number of hydrogen-bond acceptors (Lipinski definition) is 3. The Bertz CT molecular complexity index is 388. The Morgan fingerprint density at radius 3 is 2.73 bits per heavy atom. The van der Waals surface area contributed by atoms with Crippen molar-refractivity contribution in [3.05, 3.63) is 12.4 Å². The maximum atomic E-state index is 11.6. The Morgan fingerprint density at radius 1 is 1.60 bits per heavy atom. The molecule has 0 aromatic carbocycles. The molecule has 7 heteroatoms. The highest BCUT2D eigenvalue weighted by molar-refractivity contribution is 9.09. The first kappa shape index (κ1) is 12.7. The molecule has 0 aliphatic carbocycles. The number of sulfonamides is 1. The van der Waals surface area contributed by atoms with Gasteiger partial charge in [-0.25, -0.2) is 13.1 Å². The van der Waals surface area contributed by atoms with E-state index in [4.69, 9.17) is 0 Å². The molecule has 1 aromatic rings. The lowest BCUT2D eigenvalue weighted by Gasteiger charge is -2.13. The molecule has 1 atom stereocenters. The summed E-state index contributed by atoms with van der Waals surface area (Å²) in [6, 6.07) is 0. The summed E-state index contributed by atoms with van der Waals surface area (Å²) in [5, 5.41) is 6.06. The van der Waals surface area contributed by atoms with E-state index in [1.54, 1.807) is 0 Å². The number of aromatic nitrogens is 2. The van der Waals surface area contributed by atoms with Crippen LogP contribution in [0.5, 0.6) is 0 Å². The Balaban J connectivity index is 2.59. The van der Waals surface area contributed by atoms with Crippen molar-refractivity contribution in [2.45, 2.75) is 23.6 Å². The summed E-state index contributed by atoms with van der Waals surface area (Å²) in [6.45, 7) is 4.41. The van der Waals surface area contributed by atoms with Gasteiger partial charge in [0.2, 0.25) is 10.0 Å². The van der Waals surface area contributed by atoms with Crippen LogP contribution in [-0.2, 0) is 10.0 Å². The largest absolute Gasteiger partial charge is 0.284 e. The lowest BCUT2D eigenvalue weighted by molar-refractivity contribution is 0.563. The molecule has 5 nitrogen and oxygen atoms in total. The van der Waals surface area contributed by atoms with Crippen LogP contribution in [0.2, 0.25) is 0 Å². The third-order valence-corrected chi connectivity index (χ3v) is 4.75. The normalized spacial score (nSPS) is 14.4. The molecule has 0 bridgehead atoms. The molecule has 0 amide bonds. The minimum Gasteiger partial charge on any atom is -0.284 e. The number of alkyl halides is 1. The molecule has 0 aliphatic heterocycles. The van der Waals surface area contributed by atoms with Crippen LogP contribution in [0.4, 0.5) is 0 Å². The standard InChI is InChI=1S/C8H14BrN3O2S/c1-6(2)8(9)5-12-15(13,14)7-3-10-11-4-7/h3-4,6,8,12H,5H2,1-2H3,(H,10,11). The Labute approximate surface area is 97.8 Å². The fourth-order valence-electron chi connectivity index (χ4n) is 0.894. The molecule has 15 heavy (non-hydrogen) atoms. The molecular weight excluding hydrogens is 282 g/mol. The quantitative estimate of drug-likeness (QED) is 0.799. The molecule has 1 aromatic heterocycles. The SMILES string of the molecule is CC(C)C(Br)CNS(=O)(=O)c1cn[nH]c1. The summed E-state index contributed by atoms with van der Waals surface area (Å²) in [5.74, 6) is 0.372. The van der Waals surface area contributed by atoms with Gasteiger partial charge in [-0.15, -0.1) is 0 Å². The zero-order chi connectivity index (χ0) is 11.5. The number of H-pyrrole nitrogens is 1. The average Bonchev–Trinajstić information content (AvgIpc) is 2.67. The minimum atomic E-state index is -3.42. The Kier molecular flexibility index (Phi) is 4.30. The number of hydrogen-bond donors (Lipinski definition) is 2. The fourth-order valence-corrected chi connectivity index (χ4v) is 2.24. The molecular formula is C8H14BrN3O2S. The van der Waals surface area contributed by atoms with Gasteiger partial charge in [0.1, 0.15) is 4.90 Å². The highest BCUT2D eigenvalue weighted by Gasteiger charge is 2.17. The first-order valence-electron chi connectivity index (χ1n) is 4.56. The van der Waals surface area contributed by atoms with Crippen molar-refractivity contribution in [1.29, 1.82) is 0 Å². The Morgan fingerprint density at radius 2 is 2.27 bits per heavy atom. The molecule has 0 fully saturated rings. The molecule has 1 heterocycles. The lowest BCUT2D eigenvalue weighted by Crippen LogP contribution is -2.31. The van der Waals surface area contributed by atoms with Crippen LogP contribution in [0.25, 0.3) is 0 Å². The molecule has 0 spiro atoms. The number of nitrogens with one attached hydrogen (secondary N) is 2. The zero-order valence-electron chi connectivity index (χ0n) is 8.57. The lowest BCUT2D eigenvalue weighted by atomic mass is 10.1. The first-order chi connectivity index (χ1) is 6.93. The van der Waals surface area contributed by atoms with Gasteiger partial charge in [-0.3, -0.25) is 5.10 Å². The second-order valence-electron chi connectivity index (χ2n) is 3.55. The van der Waals surface area contributed by atoms with Crippen molar-refractivity contribution in [3.8, 4) is 0 Å². The molecule has 0 saturated carbocycles. The van der Waals surface area contributed by atoms with E-state index in [2.05, 4.69) is 30.8 Å². The first-order valence-corrected chi connectivity index (χ1v) is 6.96. The predicted molar refractivity (Wildman–Crippen MR) is 61.3 cm³/mol. The highest BCUT2D eigenvalue weighted by atomic mass is 79.9. The van der Waals surface area contributed by atoms with Crippen LogP contribution in [-0.4, -0.2) is 30.0 Å². The predicted octanol–water partition coefficient (Wildman–Crippen LogP) is 1.11. The summed E-state index contributed by atoms with van der Waals surface area (Å²) in [4.78, 5) is 0.283. The van der Waals surface area contributed by atoms with Gasteiger partial charge in [-0.05, 0) is 5.92 Å². The number of rotatable bonds is 5. The van der Waals surface area contributed by atoms with E-state index in [-0.39, 0.29) is 9.72 Å². The van der Waals surface area contributed by atoms with Gasteiger partial charge in [0.15, 0.2) is 0 Å². The minimum absolute atomic E-state index is 0.124. The van der Waals surface area contributed by atoms with Crippen molar-refractivity contribution in [1.82, 2.24) is 14.9 Å². The second kappa shape index (κ2) is 5.09. The molecule has 0 aliphatic rings. The average molecular weight is 296 g/mol. The highest BCUT2D eigenvalue weighted by Crippen LogP contribution is 2.12. The van der Waals surface area contributed by atoms with Crippen LogP contribution in [0.1, 0.15) is 13.8 Å². The maximum Gasteiger partial charge on any atom is 0.243 e. The van der Waals surface area contributed by atoms with Crippen molar-refractivity contribution >= 4 is 26.0 Å².